The number of hydrogen-bond acceptors (Lipinski definition) is 3. The summed E-state index contributed by atoms with van der Waals surface area (Å²) in [5.74, 6) is 1.98. The third kappa shape index (κ3) is 3.96. The van der Waals surface area contributed by atoms with E-state index < -0.39 is 0 Å². The van der Waals surface area contributed by atoms with Gasteiger partial charge < -0.3 is 4.42 Å². The number of allylic oxidation sites excluding steroid dienone is 8. The van der Waals surface area contributed by atoms with Crippen LogP contribution in [0.25, 0.3) is 50.2 Å². The van der Waals surface area contributed by atoms with E-state index in [2.05, 4.69) is 115 Å². The maximum atomic E-state index is 6.35. The third-order valence-electron chi connectivity index (χ3n) is 9.32. The van der Waals surface area contributed by atoms with Gasteiger partial charge in [0.05, 0.1) is 11.4 Å². The summed E-state index contributed by atoms with van der Waals surface area (Å²) >= 11 is 0. The van der Waals surface area contributed by atoms with Crippen molar-refractivity contribution in [2.24, 2.45) is 11.8 Å². The molecule has 43 heavy (non-hydrogen) atoms. The highest BCUT2D eigenvalue weighted by Gasteiger charge is 2.41. The van der Waals surface area contributed by atoms with Crippen molar-refractivity contribution < 1.29 is 4.42 Å². The van der Waals surface area contributed by atoms with E-state index in [0.29, 0.717) is 17.8 Å². The maximum absolute atomic E-state index is 6.35. The van der Waals surface area contributed by atoms with E-state index in [0.717, 1.165) is 45.1 Å². The van der Waals surface area contributed by atoms with Gasteiger partial charge in [0.1, 0.15) is 11.2 Å². The number of aromatic nitrogens is 2. The molecule has 0 radical (unpaired) electrons. The van der Waals surface area contributed by atoms with E-state index in [4.69, 9.17) is 14.4 Å². The second-order valence-corrected chi connectivity index (χ2v) is 11.7. The van der Waals surface area contributed by atoms with Crippen molar-refractivity contribution in [3.05, 3.63) is 162 Å². The molecule has 2 aromatic heterocycles. The Balaban J connectivity index is 1.19. The smallest absolute Gasteiger partial charge is 0.160 e. The Kier molecular flexibility index (Phi) is 5.45. The summed E-state index contributed by atoms with van der Waals surface area (Å²) in [6, 6.07) is 35.9. The van der Waals surface area contributed by atoms with Crippen molar-refractivity contribution in [2.75, 3.05) is 0 Å². The van der Waals surface area contributed by atoms with Crippen LogP contribution in [0.1, 0.15) is 28.7 Å². The lowest BCUT2D eigenvalue weighted by atomic mass is 9.61. The maximum Gasteiger partial charge on any atom is 0.160 e. The molecule has 3 nitrogen and oxygen atoms in total. The van der Waals surface area contributed by atoms with Gasteiger partial charge in [-0.1, -0.05) is 121 Å². The zero-order valence-electron chi connectivity index (χ0n) is 23.5. The lowest BCUT2D eigenvalue weighted by molar-refractivity contribution is 0.372. The van der Waals surface area contributed by atoms with Crippen LogP contribution >= 0.6 is 0 Å². The zero-order chi connectivity index (χ0) is 28.3. The first-order valence-electron chi connectivity index (χ1n) is 15.0. The normalized spacial score (nSPS) is 21.8. The second kappa shape index (κ2) is 9.64. The summed E-state index contributed by atoms with van der Waals surface area (Å²) in [7, 11) is 0. The van der Waals surface area contributed by atoms with Gasteiger partial charge in [0.2, 0.25) is 0 Å². The molecule has 0 spiro atoms. The quantitative estimate of drug-likeness (QED) is 0.219. The Morgan fingerprint density at radius 3 is 2.09 bits per heavy atom. The van der Waals surface area contributed by atoms with E-state index in [1.165, 1.54) is 21.9 Å². The van der Waals surface area contributed by atoms with Gasteiger partial charge in [-0.2, -0.15) is 0 Å². The van der Waals surface area contributed by atoms with Crippen molar-refractivity contribution in [3.63, 3.8) is 0 Å². The van der Waals surface area contributed by atoms with Crippen LogP contribution in [0.15, 0.2) is 150 Å². The lowest BCUT2D eigenvalue weighted by Crippen LogP contribution is -2.31. The van der Waals surface area contributed by atoms with Crippen LogP contribution in [0.3, 0.4) is 0 Å². The zero-order valence-corrected chi connectivity index (χ0v) is 23.5. The summed E-state index contributed by atoms with van der Waals surface area (Å²) in [4.78, 5) is 10.1. The van der Waals surface area contributed by atoms with Crippen LogP contribution in [0.4, 0.5) is 0 Å². The minimum Gasteiger partial charge on any atom is -0.456 e. The number of para-hydroxylation sites is 1. The Morgan fingerprint density at radius 1 is 0.535 bits per heavy atom. The molecule has 2 heterocycles. The molecule has 3 heteroatoms. The predicted octanol–water partition coefficient (Wildman–Crippen LogP) is 9.90. The first-order valence-corrected chi connectivity index (χ1v) is 15.0. The van der Waals surface area contributed by atoms with Crippen molar-refractivity contribution in [1.29, 1.82) is 0 Å². The Hall–Kier alpha value is -5.28. The van der Waals surface area contributed by atoms with Gasteiger partial charge >= 0.3 is 0 Å². The summed E-state index contributed by atoms with van der Waals surface area (Å²) in [6.45, 7) is 0. The average Bonchev–Trinajstić information content (AvgIpc) is 3.45. The predicted molar refractivity (Wildman–Crippen MR) is 174 cm³/mol. The number of hydrogen-bond donors (Lipinski definition) is 0. The van der Waals surface area contributed by atoms with Crippen LogP contribution in [-0.4, -0.2) is 9.97 Å². The highest BCUT2D eigenvalue weighted by atomic mass is 16.3. The van der Waals surface area contributed by atoms with Gasteiger partial charge in [-0.05, 0) is 52.8 Å². The molecule has 4 unspecified atom stereocenters. The van der Waals surface area contributed by atoms with Crippen molar-refractivity contribution >= 4 is 27.5 Å². The molecular weight excluding hydrogens is 524 g/mol. The second-order valence-electron chi connectivity index (χ2n) is 11.7. The summed E-state index contributed by atoms with van der Waals surface area (Å²) in [5.41, 5.74) is 9.81. The topological polar surface area (TPSA) is 38.9 Å². The lowest BCUT2D eigenvalue weighted by Gasteiger charge is -2.43. The number of benzene rings is 4. The van der Waals surface area contributed by atoms with Crippen LogP contribution in [0, 0.1) is 11.8 Å². The van der Waals surface area contributed by atoms with Gasteiger partial charge in [0.25, 0.3) is 0 Å². The molecule has 9 rings (SSSR count). The van der Waals surface area contributed by atoms with Gasteiger partial charge in [0.15, 0.2) is 5.82 Å². The highest BCUT2D eigenvalue weighted by molar-refractivity contribution is 6.05. The molecule has 0 aliphatic heterocycles. The molecule has 0 bridgehead atoms. The molecule has 0 N–H and O–H groups in total. The monoisotopic (exact) mass is 552 g/mol. The highest BCUT2D eigenvalue weighted by Crippen LogP contribution is 2.53. The van der Waals surface area contributed by atoms with Crippen molar-refractivity contribution in [1.82, 2.24) is 9.97 Å². The Bertz CT molecular complexity index is 2090. The molecule has 4 atom stereocenters. The summed E-state index contributed by atoms with van der Waals surface area (Å²) in [6.07, 6.45) is 16.3. The van der Waals surface area contributed by atoms with E-state index in [9.17, 15) is 0 Å². The first-order chi connectivity index (χ1) is 21.3. The molecule has 3 aliphatic carbocycles. The molecule has 3 aliphatic rings. The molecular formula is C40H28N2O. The van der Waals surface area contributed by atoms with Crippen molar-refractivity contribution in [3.8, 4) is 22.6 Å². The SMILES string of the molecule is C1=CC2c3cc4c(cc3C3C=CC(c5cc(-c6ccccc6)nc(-c6ccccc6)n5)=CC3C2C=C1)oc1ccccc14. The molecule has 204 valence electrons. The van der Waals surface area contributed by atoms with E-state index in [1.807, 2.05) is 30.3 Å². The number of furan rings is 1. The van der Waals surface area contributed by atoms with Gasteiger partial charge in [-0.15, -0.1) is 0 Å². The number of nitrogens with zero attached hydrogens (tertiary/aromatic N) is 2. The fourth-order valence-corrected chi connectivity index (χ4v) is 7.29. The van der Waals surface area contributed by atoms with E-state index in [-0.39, 0.29) is 5.92 Å². The fourth-order valence-electron chi connectivity index (χ4n) is 7.29. The van der Waals surface area contributed by atoms with Crippen LogP contribution in [0.5, 0.6) is 0 Å². The Labute approximate surface area is 250 Å². The van der Waals surface area contributed by atoms with Gasteiger partial charge in [-0.3, -0.25) is 0 Å². The fraction of sp³-hybridized carbons (Fsp3) is 0.100. The first kappa shape index (κ1) is 24.3. The standard InChI is InChI=1S/C40H28N2O/c1-3-11-25(12-4-1)36-24-37(42-40(41-36)26-13-5-2-6-14-26)27-19-20-30-32(21-27)28-15-7-8-16-29(28)33-22-35-31-17-9-10-18-38(31)43-39(35)23-34(30)33/h1-24,28-30,32H. The molecule has 0 fully saturated rings. The van der Waals surface area contributed by atoms with Crippen LogP contribution in [-0.2, 0) is 0 Å². The van der Waals surface area contributed by atoms with Crippen LogP contribution in [0.2, 0.25) is 0 Å². The summed E-state index contributed by atoms with van der Waals surface area (Å²) in [5, 5.41) is 2.39. The minimum absolute atomic E-state index is 0.262. The van der Waals surface area contributed by atoms with Crippen molar-refractivity contribution in [2.45, 2.75) is 11.8 Å². The van der Waals surface area contributed by atoms with E-state index in [1.54, 1.807) is 0 Å². The van der Waals surface area contributed by atoms with Gasteiger partial charge in [0, 0.05) is 33.7 Å². The average molecular weight is 553 g/mol. The molecule has 6 aromatic rings. The Morgan fingerprint density at radius 2 is 1.23 bits per heavy atom. The molecule has 4 aromatic carbocycles. The minimum atomic E-state index is 0.262. The van der Waals surface area contributed by atoms with E-state index >= 15 is 0 Å². The third-order valence-corrected chi connectivity index (χ3v) is 9.32. The number of rotatable bonds is 3. The number of fused-ring (bicyclic) bond motifs is 9. The molecule has 0 saturated heterocycles. The van der Waals surface area contributed by atoms with Crippen LogP contribution < -0.4 is 0 Å². The van der Waals surface area contributed by atoms with Gasteiger partial charge in [-0.25, -0.2) is 9.97 Å². The molecule has 0 saturated carbocycles. The molecule has 0 amide bonds. The largest absolute Gasteiger partial charge is 0.456 e. The summed E-state index contributed by atoms with van der Waals surface area (Å²) < 4.78 is 6.35.